The molecule has 0 aliphatic rings. The number of aryl methyl sites for hydroxylation is 1. The Balaban J connectivity index is 1.58. The molecule has 4 rings (SSSR count). The monoisotopic (exact) mass is 469 g/mol. The molecule has 1 aromatic carbocycles. The fraction of sp³-hybridized carbons (Fsp3) is 0.182. The van der Waals surface area contributed by atoms with E-state index in [0.717, 1.165) is 22.4 Å². The van der Waals surface area contributed by atoms with Gasteiger partial charge < -0.3 is 20.8 Å². The zero-order valence-corrected chi connectivity index (χ0v) is 18.9. The Hall–Kier alpha value is -3.43. The number of hydrogen-bond donors (Lipinski definition) is 3. The Labute approximate surface area is 192 Å². The zero-order chi connectivity index (χ0) is 22.8. The predicted molar refractivity (Wildman–Crippen MR) is 126 cm³/mol. The molecule has 1 amide bonds. The number of rotatable bonds is 7. The number of H-pyrrole nitrogens is 1. The minimum atomic E-state index is -0.528. The lowest BCUT2D eigenvalue weighted by molar-refractivity contribution is 0.100. The average Bonchev–Trinajstić information content (AvgIpc) is 3.13. The Morgan fingerprint density at radius 1 is 1.34 bits per heavy atom. The number of carbonyl (C=O) groups is 1. The number of anilines is 1. The number of pyridine rings is 2. The standard InChI is InChI=1S/C22H20ClN5O3S/c1-11(26-22-27-12(2)19(32-22)20(24)29)15-7-13-8-16(23)18(9-17(13)28-21(15)30)31-10-14-5-3-4-6-25-14/h3-9,11H,10H2,1-2H3,(H2,24,29)(H,26,27)(H,28,30). The Morgan fingerprint density at radius 3 is 2.84 bits per heavy atom. The van der Waals surface area contributed by atoms with Crippen molar-refractivity contribution in [2.75, 3.05) is 5.32 Å². The average molecular weight is 470 g/mol. The molecule has 0 spiro atoms. The molecule has 32 heavy (non-hydrogen) atoms. The van der Waals surface area contributed by atoms with Gasteiger partial charge >= 0.3 is 0 Å². The molecule has 3 heterocycles. The molecule has 0 radical (unpaired) electrons. The lowest BCUT2D eigenvalue weighted by atomic mass is 10.1. The Morgan fingerprint density at radius 2 is 2.16 bits per heavy atom. The maximum absolute atomic E-state index is 12.8. The van der Waals surface area contributed by atoms with Crippen LogP contribution in [0.3, 0.4) is 0 Å². The number of benzene rings is 1. The summed E-state index contributed by atoms with van der Waals surface area (Å²) in [6.45, 7) is 3.81. The highest BCUT2D eigenvalue weighted by atomic mass is 35.5. The number of fused-ring (bicyclic) bond motifs is 1. The molecule has 4 N–H and O–H groups in total. The van der Waals surface area contributed by atoms with Crippen molar-refractivity contribution in [3.05, 3.63) is 79.8 Å². The molecule has 0 fully saturated rings. The normalized spacial score (nSPS) is 12.0. The van der Waals surface area contributed by atoms with Gasteiger partial charge in [0.2, 0.25) is 0 Å². The number of hydrogen-bond acceptors (Lipinski definition) is 7. The van der Waals surface area contributed by atoms with Crippen LogP contribution in [0.2, 0.25) is 5.02 Å². The van der Waals surface area contributed by atoms with Crippen molar-refractivity contribution < 1.29 is 9.53 Å². The SMILES string of the molecule is Cc1nc(NC(C)c2cc3cc(Cl)c(OCc4ccccn4)cc3[nH]c2=O)sc1C(N)=O. The third-order valence-corrected chi connectivity index (χ3v) is 6.25. The van der Waals surface area contributed by atoms with E-state index < -0.39 is 5.91 Å². The molecule has 1 atom stereocenters. The molecule has 164 valence electrons. The first-order valence-electron chi connectivity index (χ1n) is 9.74. The van der Waals surface area contributed by atoms with Gasteiger partial charge in [0.15, 0.2) is 5.13 Å². The molecule has 1 unspecified atom stereocenters. The van der Waals surface area contributed by atoms with E-state index in [1.807, 2.05) is 25.1 Å². The summed E-state index contributed by atoms with van der Waals surface area (Å²) in [6.07, 6.45) is 1.69. The lowest BCUT2D eigenvalue weighted by Crippen LogP contribution is -2.19. The molecule has 4 aromatic rings. The first-order valence-corrected chi connectivity index (χ1v) is 10.9. The van der Waals surface area contributed by atoms with Crippen molar-refractivity contribution in [3.8, 4) is 5.75 Å². The molecule has 8 nitrogen and oxygen atoms in total. The second kappa shape index (κ2) is 8.97. The van der Waals surface area contributed by atoms with Crippen LogP contribution in [0, 0.1) is 6.92 Å². The van der Waals surface area contributed by atoms with Crippen LogP contribution in [-0.4, -0.2) is 20.9 Å². The van der Waals surface area contributed by atoms with Crippen LogP contribution < -0.4 is 21.3 Å². The summed E-state index contributed by atoms with van der Waals surface area (Å²) in [7, 11) is 0. The van der Waals surface area contributed by atoms with E-state index in [9.17, 15) is 9.59 Å². The fourth-order valence-electron chi connectivity index (χ4n) is 3.24. The highest BCUT2D eigenvalue weighted by Crippen LogP contribution is 2.31. The van der Waals surface area contributed by atoms with Gasteiger partial charge in [0, 0.05) is 23.2 Å². The molecule has 0 saturated carbocycles. The Kier molecular flexibility index (Phi) is 6.11. The second-order valence-corrected chi connectivity index (χ2v) is 8.60. The number of amides is 1. The molecule has 0 aliphatic carbocycles. The first-order chi connectivity index (χ1) is 15.3. The quantitative estimate of drug-likeness (QED) is 0.373. The van der Waals surface area contributed by atoms with Gasteiger partial charge in [-0.1, -0.05) is 29.0 Å². The van der Waals surface area contributed by atoms with Crippen molar-refractivity contribution in [1.82, 2.24) is 15.0 Å². The summed E-state index contributed by atoms with van der Waals surface area (Å²) in [5, 5.41) is 4.86. The van der Waals surface area contributed by atoms with E-state index >= 15 is 0 Å². The van der Waals surface area contributed by atoms with Gasteiger partial charge in [-0.2, -0.15) is 0 Å². The van der Waals surface area contributed by atoms with Crippen LogP contribution in [-0.2, 0) is 6.61 Å². The molecule has 10 heteroatoms. The van der Waals surface area contributed by atoms with E-state index in [4.69, 9.17) is 22.1 Å². The van der Waals surface area contributed by atoms with Gasteiger partial charge in [-0.3, -0.25) is 14.6 Å². The molecule has 0 bridgehead atoms. The topological polar surface area (TPSA) is 123 Å². The minimum absolute atomic E-state index is 0.251. The lowest BCUT2D eigenvalue weighted by Gasteiger charge is -2.14. The second-order valence-electron chi connectivity index (χ2n) is 7.20. The highest BCUT2D eigenvalue weighted by Gasteiger charge is 2.17. The number of nitrogens with zero attached hydrogens (tertiary/aromatic N) is 2. The number of carbonyl (C=O) groups excluding carboxylic acids is 1. The van der Waals surface area contributed by atoms with Crippen LogP contribution >= 0.6 is 22.9 Å². The van der Waals surface area contributed by atoms with E-state index in [2.05, 4.69) is 20.3 Å². The van der Waals surface area contributed by atoms with Crippen LogP contribution in [0.25, 0.3) is 10.9 Å². The molecule has 0 aliphatic heterocycles. The number of aromatic amines is 1. The van der Waals surface area contributed by atoms with Crippen LogP contribution in [0.1, 0.15) is 39.6 Å². The van der Waals surface area contributed by atoms with Crippen LogP contribution in [0.15, 0.2) is 47.4 Å². The number of nitrogens with one attached hydrogen (secondary N) is 2. The number of aromatic nitrogens is 3. The summed E-state index contributed by atoms with van der Waals surface area (Å²) in [5.41, 5.74) is 7.54. The molecular weight excluding hydrogens is 450 g/mol. The summed E-state index contributed by atoms with van der Waals surface area (Å²) < 4.78 is 5.79. The van der Waals surface area contributed by atoms with E-state index in [-0.39, 0.29) is 18.2 Å². The third kappa shape index (κ3) is 4.58. The number of primary amides is 1. The number of halogens is 1. The number of nitrogens with two attached hydrogens (primary N) is 1. The number of thiazole rings is 1. The van der Waals surface area contributed by atoms with Crippen LogP contribution in [0.5, 0.6) is 5.75 Å². The van der Waals surface area contributed by atoms with Gasteiger partial charge in [0.25, 0.3) is 11.5 Å². The number of ether oxygens (including phenoxy) is 1. The fourth-order valence-corrected chi connectivity index (χ4v) is 4.37. The van der Waals surface area contributed by atoms with Crippen molar-refractivity contribution >= 4 is 44.9 Å². The molecule has 3 aromatic heterocycles. The maximum atomic E-state index is 12.8. The van der Waals surface area contributed by atoms with Gasteiger partial charge in [0.05, 0.1) is 28.0 Å². The predicted octanol–water partition coefficient (Wildman–Crippen LogP) is 4.19. The first kappa shape index (κ1) is 21.8. The van der Waals surface area contributed by atoms with E-state index in [1.54, 1.807) is 31.3 Å². The van der Waals surface area contributed by atoms with Gasteiger partial charge in [-0.15, -0.1) is 0 Å². The summed E-state index contributed by atoms with van der Waals surface area (Å²) in [6, 6.07) is 10.4. The maximum Gasteiger partial charge on any atom is 0.260 e. The minimum Gasteiger partial charge on any atom is -0.486 e. The van der Waals surface area contributed by atoms with Gasteiger partial charge in [0.1, 0.15) is 17.2 Å². The molecular formula is C22H20ClN5O3S. The van der Waals surface area contributed by atoms with E-state index in [0.29, 0.717) is 37.6 Å². The van der Waals surface area contributed by atoms with Crippen molar-refractivity contribution in [2.45, 2.75) is 26.5 Å². The summed E-state index contributed by atoms with van der Waals surface area (Å²) >= 11 is 7.57. The van der Waals surface area contributed by atoms with Crippen molar-refractivity contribution in [2.24, 2.45) is 5.73 Å². The van der Waals surface area contributed by atoms with Crippen molar-refractivity contribution in [1.29, 1.82) is 0 Å². The molecule has 0 saturated heterocycles. The Bertz CT molecular complexity index is 1350. The zero-order valence-electron chi connectivity index (χ0n) is 17.3. The smallest absolute Gasteiger partial charge is 0.260 e. The highest BCUT2D eigenvalue weighted by molar-refractivity contribution is 7.17. The summed E-state index contributed by atoms with van der Waals surface area (Å²) in [5.74, 6) is -0.0726. The van der Waals surface area contributed by atoms with E-state index in [1.165, 1.54) is 0 Å². The van der Waals surface area contributed by atoms with Gasteiger partial charge in [-0.25, -0.2) is 4.98 Å². The van der Waals surface area contributed by atoms with Crippen LogP contribution in [0.4, 0.5) is 5.13 Å². The largest absolute Gasteiger partial charge is 0.486 e. The third-order valence-electron chi connectivity index (χ3n) is 4.85. The summed E-state index contributed by atoms with van der Waals surface area (Å²) in [4.78, 5) is 36.0. The van der Waals surface area contributed by atoms with Crippen molar-refractivity contribution in [3.63, 3.8) is 0 Å². The van der Waals surface area contributed by atoms with Gasteiger partial charge in [-0.05, 0) is 38.1 Å².